The van der Waals surface area contributed by atoms with Crippen molar-refractivity contribution in [1.29, 1.82) is 0 Å². The molecule has 0 amide bonds. The third-order valence-corrected chi connectivity index (χ3v) is 6.28. The molecule has 0 spiro atoms. The minimum atomic E-state index is -0.247. The molecule has 6 nitrogen and oxygen atoms in total. The lowest BCUT2D eigenvalue weighted by molar-refractivity contribution is -1.02. The molecule has 26 heavy (non-hydrogen) atoms. The lowest BCUT2D eigenvalue weighted by Gasteiger charge is -2.33. The van der Waals surface area contributed by atoms with E-state index in [1.54, 1.807) is 6.07 Å². The number of hydrogen-bond donors (Lipinski definition) is 3. The van der Waals surface area contributed by atoms with E-state index in [2.05, 4.69) is 17.1 Å². The molecule has 0 bridgehead atoms. The van der Waals surface area contributed by atoms with Crippen LogP contribution in [0, 0.1) is 5.82 Å². The van der Waals surface area contributed by atoms with Crippen LogP contribution in [0.25, 0.3) is 4.96 Å². The summed E-state index contributed by atoms with van der Waals surface area (Å²) in [5.74, 6) is 0.559. The second kappa shape index (κ2) is 6.94. The predicted molar refractivity (Wildman–Crippen MR) is 97.5 cm³/mol. The number of piperazine rings is 1. The highest BCUT2D eigenvalue weighted by Gasteiger charge is 2.36. The van der Waals surface area contributed by atoms with Crippen LogP contribution in [0.5, 0.6) is 5.88 Å². The number of rotatable bonds is 4. The van der Waals surface area contributed by atoms with E-state index in [1.807, 2.05) is 19.1 Å². The maximum absolute atomic E-state index is 14.7. The molecule has 1 saturated heterocycles. The van der Waals surface area contributed by atoms with Crippen molar-refractivity contribution in [1.82, 2.24) is 14.6 Å². The van der Waals surface area contributed by atoms with Gasteiger partial charge in [-0.3, -0.25) is 0 Å². The topological polar surface area (TPSA) is 59.3 Å². The summed E-state index contributed by atoms with van der Waals surface area (Å²) in [4.78, 5) is 8.63. The molecule has 2 aromatic heterocycles. The molecule has 3 heterocycles. The maximum Gasteiger partial charge on any atom is 0.235 e. The Balaban J connectivity index is 1.81. The second-order valence-corrected chi connectivity index (χ2v) is 7.94. The van der Waals surface area contributed by atoms with E-state index in [0.717, 1.165) is 31.1 Å². The van der Waals surface area contributed by atoms with E-state index < -0.39 is 0 Å². The van der Waals surface area contributed by atoms with Crippen molar-refractivity contribution >= 4 is 16.3 Å². The summed E-state index contributed by atoms with van der Waals surface area (Å²) in [7, 11) is 2.18. The Morgan fingerprint density at radius 3 is 2.65 bits per heavy atom. The molecule has 1 aliphatic heterocycles. The number of likely N-dealkylation sites (N-methyl/N-ethyl adjacent to an activating group) is 1. The van der Waals surface area contributed by atoms with Gasteiger partial charge in [0, 0.05) is 6.42 Å². The molecule has 1 fully saturated rings. The maximum atomic E-state index is 14.7. The highest BCUT2D eigenvalue weighted by atomic mass is 32.1. The lowest BCUT2D eigenvalue weighted by Crippen LogP contribution is -3.27. The first-order valence-corrected chi connectivity index (χ1v) is 9.87. The van der Waals surface area contributed by atoms with Crippen molar-refractivity contribution in [2.24, 2.45) is 0 Å². The summed E-state index contributed by atoms with van der Waals surface area (Å²) >= 11 is 1.41. The number of thiazole rings is 1. The van der Waals surface area contributed by atoms with E-state index >= 15 is 0 Å². The van der Waals surface area contributed by atoms with Crippen LogP contribution in [0.2, 0.25) is 0 Å². The Bertz CT molecular complexity index is 916. The second-order valence-electron chi connectivity index (χ2n) is 6.94. The molecule has 1 atom stereocenters. The molecule has 1 aromatic carbocycles. The van der Waals surface area contributed by atoms with Gasteiger partial charge >= 0.3 is 0 Å². The first-order valence-electron chi connectivity index (χ1n) is 9.06. The Kier molecular flexibility index (Phi) is 4.64. The van der Waals surface area contributed by atoms with Gasteiger partial charge in [0.15, 0.2) is 11.9 Å². The van der Waals surface area contributed by atoms with Crippen LogP contribution in [0.1, 0.15) is 29.2 Å². The summed E-state index contributed by atoms with van der Waals surface area (Å²) in [6.07, 6.45) is 0.715. The molecule has 3 aromatic rings. The molecule has 0 saturated carbocycles. The smallest absolute Gasteiger partial charge is 0.235 e. The Morgan fingerprint density at radius 2 is 2.00 bits per heavy atom. The third-order valence-electron chi connectivity index (χ3n) is 5.19. The number of aromatic hydroxyl groups is 1. The Hall–Kier alpha value is -2.03. The molecule has 0 unspecified atom stereocenters. The van der Waals surface area contributed by atoms with Gasteiger partial charge in [-0.25, -0.2) is 9.37 Å². The quantitative estimate of drug-likeness (QED) is 0.585. The van der Waals surface area contributed by atoms with Gasteiger partial charge in [-0.15, -0.1) is 5.10 Å². The molecule has 3 N–H and O–H groups in total. The zero-order valence-corrected chi connectivity index (χ0v) is 15.8. The number of aryl methyl sites for hydroxylation is 1. The van der Waals surface area contributed by atoms with Gasteiger partial charge in [0.2, 0.25) is 10.8 Å². The van der Waals surface area contributed by atoms with E-state index in [9.17, 15) is 9.50 Å². The average molecular weight is 377 g/mol. The molecular weight excluding hydrogens is 353 g/mol. The van der Waals surface area contributed by atoms with Gasteiger partial charge in [0.1, 0.15) is 36.9 Å². The molecular formula is C18H24FN5OS+2. The first-order chi connectivity index (χ1) is 12.6. The fraction of sp³-hybridized carbons (Fsp3) is 0.444. The summed E-state index contributed by atoms with van der Waals surface area (Å²) in [6, 6.07) is 6.63. The van der Waals surface area contributed by atoms with Gasteiger partial charge in [-0.1, -0.05) is 30.4 Å². The van der Waals surface area contributed by atoms with Crippen LogP contribution < -0.4 is 9.80 Å². The Morgan fingerprint density at radius 1 is 1.27 bits per heavy atom. The van der Waals surface area contributed by atoms with Gasteiger partial charge in [-0.05, 0) is 12.1 Å². The van der Waals surface area contributed by atoms with Crippen molar-refractivity contribution in [2.75, 3.05) is 33.2 Å². The van der Waals surface area contributed by atoms with Gasteiger partial charge in [0.25, 0.3) is 0 Å². The third kappa shape index (κ3) is 2.98. The van der Waals surface area contributed by atoms with E-state index in [1.165, 1.54) is 31.7 Å². The Labute approximate surface area is 155 Å². The predicted octanol–water partition coefficient (Wildman–Crippen LogP) is -0.299. The van der Waals surface area contributed by atoms with Crippen LogP contribution in [0.4, 0.5) is 4.39 Å². The lowest BCUT2D eigenvalue weighted by atomic mass is 10.0. The number of hydrogen-bond acceptors (Lipinski definition) is 4. The molecule has 4 rings (SSSR count). The number of fused-ring (bicyclic) bond motifs is 1. The fourth-order valence-corrected chi connectivity index (χ4v) is 4.82. The van der Waals surface area contributed by atoms with Crippen molar-refractivity contribution in [3.8, 4) is 5.88 Å². The molecule has 0 radical (unpaired) electrons. The summed E-state index contributed by atoms with van der Waals surface area (Å²) in [5, 5.41) is 15.2. The molecule has 8 heteroatoms. The standard InChI is InChI=1S/C18H22FN5OS/c1-3-14-20-18-24(21-14)17(25)16(26-18)15(12-6-4-5-7-13(12)19)23-10-8-22(2)9-11-23/h4-7,15,25H,3,8-11H2,1-2H3/p+2/t15-/m1/s1. The highest BCUT2D eigenvalue weighted by Crippen LogP contribution is 2.35. The summed E-state index contributed by atoms with van der Waals surface area (Å²) < 4.78 is 16.1. The van der Waals surface area contributed by atoms with Crippen molar-refractivity contribution < 1.29 is 19.3 Å². The molecule has 1 aliphatic rings. The van der Waals surface area contributed by atoms with E-state index in [4.69, 9.17) is 0 Å². The largest absolute Gasteiger partial charge is 0.492 e. The first kappa shape index (κ1) is 17.4. The number of benzene rings is 1. The zero-order valence-electron chi connectivity index (χ0n) is 15.0. The number of halogens is 1. The summed E-state index contributed by atoms with van der Waals surface area (Å²) in [6.45, 7) is 5.90. The zero-order chi connectivity index (χ0) is 18.3. The number of quaternary nitrogens is 2. The van der Waals surface area contributed by atoms with E-state index in [0.29, 0.717) is 22.8 Å². The normalized spacial score (nSPS) is 22.0. The number of nitrogens with one attached hydrogen (secondary N) is 2. The molecule has 0 aliphatic carbocycles. The van der Waals surface area contributed by atoms with Gasteiger partial charge < -0.3 is 14.9 Å². The van der Waals surface area contributed by atoms with Crippen molar-refractivity contribution in [3.63, 3.8) is 0 Å². The van der Waals surface area contributed by atoms with Crippen molar-refractivity contribution in [3.05, 3.63) is 46.3 Å². The number of aromatic nitrogens is 3. The van der Waals surface area contributed by atoms with Crippen LogP contribution >= 0.6 is 11.3 Å². The van der Waals surface area contributed by atoms with Gasteiger partial charge in [0.05, 0.1) is 12.6 Å². The van der Waals surface area contributed by atoms with E-state index in [-0.39, 0.29) is 17.7 Å². The highest BCUT2D eigenvalue weighted by molar-refractivity contribution is 7.17. The van der Waals surface area contributed by atoms with Crippen LogP contribution in [0.3, 0.4) is 0 Å². The van der Waals surface area contributed by atoms with Crippen molar-refractivity contribution in [2.45, 2.75) is 19.4 Å². The average Bonchev–Trinajstić information content (AvgIpc) is 3.18. The van der Waals surface area contributed by atoms with Gasteiger partial charge in [-0.2, -0.15) is 4.52 Å². The fourth-order valence-electron chi connectivity index (χ4n) is 3.67. The van der Waals surface area contributed by atoms with Crippen LogP contribution in [-0.4, -0.2) is 52.9 Å². The number of nitrogens with zero attached hydrogens (tertiary/aromatic N) is 3. The monoisotopic (exact) mass is 377 g/mol. The SMILES string of the molecule is CCc1nc2sc([C@@H](c3ccccc3F)[NH+]3CC[NH+](C)CC3)c(O)n2n1. The minimum Gasteiger partial charge on any atom is -0.492 e. The molecule has 138 valence electrons. The van der Waals surface area contributed by atoms with Crippen LogP contribution in [0.15, 0.2) is 24.3 Å². The van der Waals surface area contributed by atoms with Crippen LogP contribution in [-0.2, 0) is 6.42 Å². The summed E-state index contributed by atoms with van der Waals surface area (Å²) in [5.41, 5.74) is 0.623. The minimum absolute atomic E-state index is 0.0872.